The molecule has 12 rings (SSSR count). The van der Waals surface area contributed by atoms with Crippen molar-refractivity contribution in [3.63, 3.8) is 0 Å². The molecule has 6 aliphatic rings. The van der Waals surface area contributed by atoms with Gasteiger partial charge in [0, 0.05) is 53.4 Å². The number of benzene rings is 6. The van der Waals surface area contributed by atoms with Crippen LogP contribution >= 0.6 is 0 Å². The van der Waals surface area contributed by atoms with Crippen LogP contribution < -0.4 is 42.6 Å². The Hall–Kier alpha value is -7.27. The van der Waals surface area contributed by atoms with Gasteiger partial charge in [-0.15, -0.1) is 0 Å². The summed E-state index contributed by atoms with van der Waals surface area (Å²) in [6.45, 7) is 2.42. The van der Waals surface area contributed by atoms with Gasteiger partial charge in [0.15, 0.2) is 69.0 Å². The fraction of sp³-hybridized carbons (Fsp3) is 0.429. The van der Waals surface area contributed by atoms with Gasteiger partial charge in [-0.05, 0) is 201 Å². The molecule has 79 heavy (non-hydrogen) atoms. The van der Waals surface area contributed by atoms with Crippen molar-refractivity contribution in [2.45, 2.75) is 94.6 Å². The van der Waals surface area contributed by atoms with Crippen LogP contribution in [0.25, 0.3) is 33.4 Å². The number of hydrogen-bond acceptors (Lipinski definition) is 15. The maximum atomic E-state index is 13.6. The summed E-state index contributed by atoms with van der Waals surface area (Å²) in [6.07, 6.45) is 5.44. The van der Waals surface area contributed by atoms with Crippen molar-refractivity contribution >= 4 is 0 Å². The van der Waals surface area contributed by atoms with Gasteiger partial charge >= 0.3 is 0 Å². The van der Waals surface area contributed by atoms with E-state index in [2.05, 4.69) is 54.9 Å². The number of fused-ring (bicyclic) bond motifs is 6. The number of hydrogen-bond donors (Lipinski definition) is 3. The van der Waals surface area contributed by atoms with Gasteiger partial charge in [0.2, 0.25) is 6.86 Å². The first-order valence-corrected chi connectivity index (χ1v) is 27.3. The first kappa shape index (κ1) is 52.4. The Morgan fingerprint density at radius 3 is 1.42 bits per heavy atom. The van der Waals surface area contributed by atoms with E-state index in [9.17, 15) is 19.7 Å². The summed E-state index contributed by atoms with van der Waals surface area (Å²) in [5, 5.41) is 34.2. The Balaban J connectivity index is 0.797. The van der Waals surface area contributed by atoms with E-state index in [1.807, 2.05) is 42.5 Å². The van der Waals surface area contributed by atoms with E-state index in [0.29, 0.717) is 96.9 Å². The Labute approximate surface area is 460 Å². The predicted molar refractivity (Wildman–Crippen MR) is 298 cm³/mol. The zero-order valence-corrected chi connectivity index (χ0v) is 46.7. The fourth-order valence-corrected chi connectivity index (χ4v) is 14.4. The largest absolute Gasteiger partial charge is 0.504 e. The predicted octanol–water partition coefficient (Wildman–Crippen LogP) is 10.5. The third-order valence-electron chi connectivity index (χ3n) is 18.1. The van der Waals surface area contributed by atoms with Crippen molar-refractivity contribution in [3.8, 4) is 102 Å². The molecule has 16 heteroatoms. The van der Waals surface area contributed by atoms with Crippen molar-refractivity contribution in [2.24, 2.45) is 0 Å². The van der Waals surface area contributed by atoms with Crippen LogP contribution in [0.15, 0.2) is 54.6 Å². The second-order valence-corrected chi connectivity index (χ2v) is 22.1. The molecule has 0 radical (unpaired) electrons. The fourth-order valence-electron chi connectivity index (χ4n) is 14.4. The number of likely N-dealkylation sites (N-methyl/N-ethyl adjacent to an activating group) is 3. The van der Waals surface area contributed by atoms with Gasteiger partial charge in [0.1, 0.15) is 0 Å². The summed E-state index contributed by atoms with van der Waals surface area (Å²) in [7, 11) is 16.1. The van der Waals surface area contributed by atoms with Crippen LogP contribution in [0.5, 0.6) is 69.0 Å². The Morgan fingerprint density at radius 2 is 0.924 bits per heavy atom. The number of halogens is 1. The number of alkyl halides is 1. The highest BCUT2D eigenvalue weighted by molar-refractivity contribution is 5.87. The molecule has 0 fully saturated rings. The summed E-state index contributed by atoms with van der Waals surface area (Å²) < 4.78 is 68.0. The molecule has 0 spiro atoms. The minimum absolute atomic E-state index is 0.0277. The van der Waals surface area contributed by atoms with E-state index in [1.165, 1.54) is 12.7 Å². The number of aromatic hydroxyl groups is 3. The van der Waals surface area contributed by atoms with Gasteiger partial charge in [0.05, 0.1) is 55.4 Å². The molecule has 0 saturated heterocycles. The lowest BCUT2D eigenvalue weighted by atomic mass is 9.74. The number of ether oxygens (including phenoxy) is 9. The molecule has 3 aliphatic carbocycles. The zero-order chi connectivity index (χ0) is 55.3. The SMILES string of the molecule is COc1cc2c(cc1OCF)CC1c3c(cc(O)c(OC)c3-2)CC(CC(C)Oc2cc3c(cc2OC)-c2c(OC)c(O)cc4c2C(C3)N(C)C(CCOc2cc3c(cc2OC)-c2c(OC)c(O)cc5c2C(C3)N(C)CC5)C4)N1C. The number of nitrogens with zero attached hydrogens (tertiary/aromatic N) is 3. The van der Waals surface area contributed by atoms with Crippen LogP contribution in [0, 0.1) is 0 Å². The van der Waals surface area contributed by atoms with Crippen molar-refractivity contribution in [1.29, 1.82) is 0 Å². The van der Waals surface area contributed by atoms with Crippen LogP contribution in [0.2, 0.25) is 0 Å². The lowest BCUT2D eigenvalue weighted by molar-refractivity contribution is 0.0995. The van der Waals surface area contributed by atoms with Gasteiger partial charge in [-0.3, -0.25) is 14.7 Å². The van der Waals surface area contributed by atoms with Crippen LogP contribution in [-0.4, -0.2) is 132 Å². The van der Waals surface area contributed by atoms with Crippen LogP contribution in [0.4, 0.5) is 4.39 Å². The molecule has 416 valence electrons. The van der Waals surface area contributed by atoms with Gasteiger partial charge in [-0.2, -0.15) is 0 Å². The molecule has 0 aromatic heterocycles. The van der Waals surface area contributed by atoms with E-state index < -0.39 is 6.86 Å². The number of rotatable bonds is 16. The summed E-state index contributed by atoms with van der Waals surface area (Å²) in [6, 6.07) is 17.7. The van der Waals surface area contributed by atoms with Gasteiger partial charge < -0.3 is 58.0 Å². The average molecular weight is 1080 g/mol. The van der Waals surface area contributed by atoms with Crippen molar-refractivity contribution in [2.75, 3.05) is 83.8 Å². The molecular formula is C63H70FN3O12. The lowest BCUT2D eigenvalue weighted by Crippen LogP contribution is -2.45. The topological polar surface area (TPSA) is 153 Å². The molecule has 0 saturated carbocycles. The van der Waals surface area contributed by atoms with E-state index in [-0.39, 0.29) is 53.6 Å². The normalized spacial score (nSPS) is 20.8. The molecule has 0 amide bonds. The maximum Gasteiger partial charge on any atom is 0.228 e. The summed E-state index contributed by atoms with van der Waals surface area (Å²) in [5.41, 5.74) is 15.2. The minimum atomic E-state index is -0.991. The molecular weight excluding hydrogens is 1010 g/mol. The van der Waals surface area contributed by atoms with Gasteiger partial charge in [-0.1, -0.05) is 0 Å². The zero-order valence-electron chi connectivity index (χ0n) is 46.7. The highest BCUT2D eigenvalue weighted by Gasteiger charge is 2.44. The average Bonchev–Trinajstić information content (AvgIpc) is 3.51. The smallest absolute Gasteiger partial charge is 0.228 e. The Bertz CT molecular complexity index is 3420. The second-order valence-electron chi connectivity index (χ2n) is 22.1. The third-order valence-corrected chi connectivity index (χ3v) is 18.1. The minimum Gasteiger partial charge on any atom is -0.504 e. The van der Waals surface area contributed by atoms with Gasteiger partial charge in [-0.25, -0.2) is 4.39 Å². The molecule has 6 aromatic rings. The van der Waals surface area contributed by atoms with E-state index in [4.69, 9.17) is 42.6 Å². The number of phenolic OH excluding ortho intramolecular Hbond substituents is 3. The number of phenols is 3. The molecule has 3 N–H and O–H groups in total. The molecule has 6 unspecified atom stereocenters. The first-order chi connectivity index (χ1) is 38.2. The monoisotopic (exact) mass is 1080 g/mol. The van der Waals surface area contributed by atoms with Crippen molar-refractivity contribution in [1.82, 2.24) is 14.7 Å². The first-order valence-electron chi connectivity index (χ1n) is 27.3. The molecule has 0 bridgehead atoms. The second kappa shape index (κ2) is 20.4. The summed E-state index contributed by atoms with van der Waals surface area (Å²) in [4.78, 5) is 7.22. The van der Waals surface area contributed by atoms with E-state index in [1.54, 1.807) is 35.5 Å². The standard InChI is InChI=1S/C63H70FN3O12/c1-31(15-39-17-37-23-48(70)63(76-10)59-41-28-50(72-6)53(78-30-64)25-34(41)19-45(57(37)59)67(39)4)79-54-26-35-20-44-56-36(22-47(69)62(75-9)60(56)42(35)29-51(54)73-7)16-38(66(44)3)12-14-77-52-24-33-18-43-55-32(11-13-65(43)2)21-46(68)61(74-8)58(55)40(33)27-49(52)71-5/h21-29,31,38-39,43-45,68-70H,11-20,30H2,1-10H3. The summed E-state index contributed by atoms with van der Waals surface area (Å²) in [5.74, 6) is 4.79. The molecule has 6 aromatic carbocycles. The van der Waals surface area contributed by atoms with Crippen molar-refractivity contribution < 1.29 is 62.3 Å². The highest BCUT2D eigenvalue weighted by atomic mass is 19.1. The van der Waals surface area contributed by atoms with E-state index in [0.717, 1.165) is 97.3 Å². The maximum absolute atomic E-state index is 13.6. The molecule has 3 aliphatic heterocycles. The van der Waals surface area contributed by atoms with Crippen LogP contribution in [-0.2, 0) is 38.5 Å². The van der Waals surface area contributed by atoms with E-state index >= 15 is 0 Å². The lowest BCUT2D eigenvalue weighted by Gasteiger charge is -2.45. The summed E-state index contributed by atoms with van der Waals surface area (Å²) >= 11 is 0. The molecule has 3 heterocycles. The van der Waals surface area contributed by atoms with Crippen molar-refractivity contribution in [3.05, 3.63) is 105 Å². The van der Waals surface area contributed by atoms with Crippen LogP contribution in [0.1, 0.15) is 88.0 Å². The molecule has 6 atom stereocenters. The Morgan fingerprint density at radius 1 is 0.494 bits per heavy atom. The molecule has 15 nitrogen and oxygen atoms in total. The Kier molecular flexibility index (Phi) is 13.6. The van der Waals surface area contributed by atoms with Gasteiger partial charge in [0.25, 0.3) is 0 Å². The highest BCUT2D eigenvalue weighted by Crippen LogP contribution is 2.58. The third kappa shape index (κ3) is 8.46. The quantitative estimate of drug-likeness (QED) is 0.0842. The van der Waals surface area contributed by atoms with Crippen LogP contribution in [0.3, 0.4) is 0 Å². The number of methoxy groups -OCH3 is 6.